The van der Waals surface area contributed by atoms with Gasteiger partial charge in [-0.1, -0.05) is 36.4 Å². The SMILES string of the molecule is O=C(NCc1ccc2ccccc2c1)C1CC(=O)N(Cc2ccco2)C1. The number of hydrogen-bond acceptors (Lipinski definition) is 3. The highest BCUT2D eigenvalue weighted by molar-refractivity contribution is 5.89. The zero-order valence-electron chi connectivity index (χ0n) is 14.4. The molecule has 1 N–H and O–H groups in total. The van der Waals surface area contributed by atoms with Crippen LogP contribution in [0.5, 0.6) is 0 Å². The number of fused-ring (bicyclic) bond motifs is 1. The molecule has 2 amide bonds. The van der Waals surface area contributed by atoms with Crippen molar-refractivity contribution in [2.24, 2.45) is 5.92 Å². The molecule has 1 aliphatic heterocycles. The molecule has 1 saturated heterocycles. The molecule has 1 aliphatic rings. The molecule has 0 radical (unpaired) electrons. The van der Waals surface area contributed by atoms with Crippen LogP contribution in [0.4, 0.5) is 0 Å². The van der Waals surface area contributed by atoms with Crippen molar-refractivity contribution in [1.29, 1.82) is 0 Å². The summed E-state index contributed by atoms with van der Waals surface area (Å²) in [6.45, 7) is 1.32. The summed E-state index contributed by atoms with van der Waals surface area (Å²) in [5, 5.41) is 5.30. The molecule has 0 aliphatic carbocycles. The maximum Gasteiger partial charge on any atom is 0.225 e. The van der Waals surface area contributed by atoms with Crippen molar-refractivity contribution in [3.63, 3.8) is 0 Å². The maximum atomic E-state index is 12.5. The van der Waals surface area contributed by atoms with Crippen molar-refractivity contribution in [3.05, 3.63) is 72.2 Å². The smallest absolute Gasteiger partial charge is 0.225 e. The predicted octanol–water partition coefficient (Wildman–Crippen LogP) is 3.10. The molecule has 1 atom stereocenters. The van der Waals surface area contributed by atoms with Crippen molar-refractivity contribution in [1.82, 2.24) is 10.2 Å². The number of carbonyl (C=O) groups is 2. The van der Waals surface area contributed by atoms with Gasteiger partial charge >= 0.3 is 0 Å². The quantitative estimate of drug-likeness (QED) is 0.771. The lowest BCUT2D eigenvalue weighted by Crippen LogP contribution is -2.32. The van der Waals surface area contributed by atoms with E-state index in [1.807, 2.05) is 24.3 Å². The molecule has 3 aromatic rings. The largest absolute Gasteiger partial charge is 0.467 e. The van der Waals surface area contributed by atoms with Crippen LogP contribution in [0.3, 0.4) is 0 Å². The Bertz CT molecular complexity index is 933. The molecule has 5 nitrogen and oxygen atoms in total. The van der Waals surface area contributed by atoms with Crippen LogP contribution in [0.2, 0.25) is 0 Å². The first kappa shape index (κ1) is 16.4. The number of amides is 2. The van der Waals surface area contributed by atoms with Crippen molar-refractivity contribution in [3.8, 4) is 0 Å². The topological polar surface area (TPSA) is 62.6 Å². The molecule has 1 fully saturated rings. The first-order valence-corrected chi connectivity index (χ1v) is 8.74. The Morgan fingerprint density at radius 3 is 2.77 bits per heavy atom. The van der Waals surface area contributed by atoms with Crippen LogP contribution in [0.1, 0.15) is 17.7 Å². The van der Waals surface area contributed by atoms with Gasteiger partial charge in [0.05, 0.1) is 18.7 Å². The van der Waals surface area contributed by atoms with E-state index in [0.717, 1.165) is 16.7 Å². The summed E-state index contributed by atoms with van der Waals surface area (Å²) in [5.74, 6) is 0.342. The van der Waals surface area contributed by atoms with Gasteiger partial charge in [-0.3, -0.25) is 9.59 Å². The van der Waals surface area contributed by atoms with Gasteiger partial charge in [0.2, 0.25) is 11.8 Å². The predicted molar refractivity (Wildman–Crippen MR) is 98.0 cm³/mol. The number of likely N-dealkylation sites (tertiary alicyclic amines) is 1. The van der Waals surface area contributed by atoms with E-state index in [-0.39, 0.29) is 24.2 Å². The highest BCUT2D eigenvalue weighted by Gasteiger charge is 2.34. The van der Waals surface area contributed by atoms with Crippen LogP contribution < -0.4 is 5.32 Å². The van der Waals surface area contributed by atoms with Crippen molar-refractivity contribution < 1.29 is 14.0 Å². The van der Waals surface area contributed by atoms with Crippen LogP contribution in [0.25, 0.3) is 10.8 Å². The number of nitrogens with zero attached hydrogens (tertiary/aromatic N) is 1. The summed E-state index contributed by atoms with van der Waals surface area (Å²) >= 11 is 0. The lowest BCUT2D eigenvalue weighted by Gasteiger charge is -2.15. The van der Waals surface area contributed by atoms with Gasteiger partial charge in [0.25, 0.3) is 0 Å². The third-order valence-corrected chi connectivity index (χ3v) is 4.79. The number of furan rings is 1. The number of hydrogen-bond donors (Lipinski definition) is 1. The lowest BCUT2D eigenvalue weighted by atomic mass is 10.1. The van der Waals surface area contributed by atoms with Gasteiger partial charge in [-0.2, -0.15) is 0 Å². The van der Waals surface area contributed by atoms with E-state index in [4.69, 9.17) is 4.42 Å². The first-order valence-electron chi connectivity index (χ1n) is 8.74. The second-order valence-corrected chi connectivity index (χ2v) is 6.65. The highest BCUT2D eigenvalue weighted by Crippen LogP contribution is 2.21. The number of nitrogens with one attached hydrogen (secondary N) is 1. The van der Waals surface area contributed by atoms with E-state index in [9.17, 15) is 9.59 Å². The summed E-state index contributed by atoms with van der Waals surface area (Å²) in [5.41, 5.74) is 1.05. The van der Waals surface area contributed by atoms with E-state index in [1.54, 1.807) is 17.2 Å². The molecular weight excluding hydrogens is 328 g/mol. The average molecular weight is 348 g/mol. The van der Waals surface area contributed by atoms with Gasteiger partial charge in [0.15, 0.2) is 0 Å². The molecule has 0 bridgehead atoms. The summed E-state index contributed by atoms with van der Waals surface area (Å²) in [6.07, 6.45) is 1.84. The number of rotatable bonds is 5. The summed E-state index contributed by atoms with van der Waals surface area (Å²) in [7, 11) is 0. The molecule has 0 saturated carbocycles. The van der Waals surface area contributed by atoms with E-state index in [0.29, 0.717) is 19.6 Å². The van der Waals surface area contributed by atoms with Gasteiger partial charge in [-0.05, 0) is 34.5 Å². The standard InChI is InChI=1S/C21H20N2O3/c24-20-11-18(13-23(20)14-19-6-3-9-26-19)21(25)22-12-15-7-8-16-4-1-2-5-17(16)10-15/h1-10,18H,11-14H2,(H,22,25). The zero-order chi connectivity index (χ0) is 17.9. The van der Waals surface area contributed by atoms with Gasteiger partial charge in [0, 0.05) is 19.5 Å². The third kappa shape index (κ3) is 3.47. The minimum absolute atomic E-state index is 0.00717. The molecule has 5 heteroatoms. The third-order valence-electron chi connectivity index (χ3n) is 4.79. The Kier molecular flexibility index (Phi) is 4.44. The first-order chi connectivity index (χ1) is 12.7. The molecule has 2 heterocycles. The minimum Gasteiger partial charge on any atom is -0.467 e. The molecule has 1 aromatic heterocycles. The average Bonchev–Trinajstić information content (AvgIpc) is 3.30. The molecular formula is C21H20N2O3. The van der Waals surface area contributed by atoms with E-state index >= 15 is 0 Å². The fourth-order valence-corrected chi connectivity index (χ4v) is 3.37. The van der Waals surface area contributed by atoms with Crippen molar-refractivity contribution >= 4 is 22.6 Å². The monoisotopic (exact) mass is 348 g/mol. The Labute approximate surface area is 151 Å². The van der Waals surface area contributed by atoms with Crippen LogP contribution in [0.15, 0.2) is 65.3 Å². The van der Waals surface area contributed by atoms with Crippen LogP contribution in [-0.4, -0.2) is 23.3 Å². The molecule has 26 heavy (non-hydrogen) atoms. The van der Waals surface area contributed by atoms with Crippen molar-refractivity contribution in [2.45, 2.75) is 19.5 Å². The maximum absolute atomic E-state index is 12.5. The van der Waals surface area contributed by atoms with Gasteiger partial charge in [-0.25, -0.2) is 0 Å². The second-order valence-electron chi connectivity index (χ2n) is 6.65. The second kappa shape index (κ2) is 7.04. The summed E-state index contributed by atoms with van der Waals surface area (Å²) in [6, 6.07) is 17.9. The Morgan fingerprint density at radius 2 is 1.96 bits per heavy atom. The van der Waals surface area contributed by atoms with Gasteiger partial charge in [0.1, 0.15) is 5.76 Å². The van der Waals surface area contributed by atoms with Crippen LogP contribution >= 0.6 is 0 Å². The minimum atomic E-state index is -0.307. The van der Waals surface area contributed by atoms with Crippen LogP contribution in [0, 0.1) is 5.92 Å². The Balaban J connectivity index is 1.35. The Hall–Kier alpha value is -3.08. The fraction of sp³-hybridized carbons (Fsp3) is 0.238. The highest BCUT2D eigenvalue weighted by atomic mass is 16.3. The van der Waals surface area contributed by atoms with Crippen molar-refractivity contribution in [2.75, 3.05) is 6.54 Å². The lowest BCUT2D eigenvalue weighted by molar-refractivity contribution is -0.129. The number of benzene rings is 2. The summed E-state index contributed by atoms with van der Waals surface area (Å²) < 4.78 is 5.29. The summed E-state index contributed by atoms with van der Waals surface area (Å²) in [4.78, 5) is 26.3. The van der Waals surface area contributed by atoms with Gasteiger partial charge in [-0.15, -0.1) is 0 Å². The fourth-order valence-electron chi connectivity index (χ4n) is 3.37. The molecule has 0 spiro atoms. The molecule has 2 aromatic carbocycles. The molecule has 132 valence electrons. The zero-order valence-corrected chi connectivity index (χ0v) is 14.4. The number of carbonyl (C=O) groups excluding carboxylic acids is 2. The van der Waals surface area contributed by atoms with E-state index in [1.165, 1.54) is 5.39 Å². The Morgan fingerprint density at radius 1 is 1.12 bits per heavy atom. The normalized spacial score (nSPS) is 17.0. The van der Waals surface area contributed by atoms with E-state index in [2.05, 4.69) is 29.6 Å². The van der Waals surface area contributed by atoms with Gasteiger partial charge < -0.3 is 14.6 Å². The molecule has 1 unspecified atom stereocenters. The van der Waals surface area contributed by atoms with E-state index < -0.39 is 0 Å². The molecule has 4 rings (SSSR count). The van der Waals surface area contributed by atoms with Crippen LogP contribution in [-0.2, 0) is 22.7 Å².